The summed E-state index contributed by atoms with van der Waals surface area (Å²) in [6.45, 7) is 3.37. The lowest BCUT2D eigenvalue weighted by atomic mass is 10.2. The first-order valence-corrected chi connectivity index (χ1v) is 7.36. The fraction of sp³-hybridized carbons (Fsp3) is 0.455. The van der Waals surface area contributed by atoms with E-state index in [0.717, 1.165) is 0 Å². The average Bonchev–Trinajstić information content (AvgIpc) is 2.23. The van der Waals surface area contributed by atoms with E-state index in [1.165, 1.54) is 12.1 Å². The van der Waals surface area contributed by atoms with Crippen LogP contribution in [0.3, 0.4) is 0 Å². The van der Waals surface area contributed by atoms with Crippen molar-refractivity contribution in [2.75, 3.05) is 16.4 Å². The maximum atomic E-state index is 13.4. The number of alkyl halides is 1. The van der Waals surface area contributed by atoms with E-state index in [-0.39, 0.29) is 23.2 Å². The Kier molecular flexibility index (Phi) is 4.77. The summed E-state index contributed by atoms with van der Waals surface area (Å²) < 4.78 is 39.2. The van der Waals surface area contributed by atoms with Gasteiger partial charge in [0.2, 0.25) is 10.0 Å². The van der Waals surface area contributed by atoms with Gasteiger partial charge in [0, 0.05) is 5.88 Å². The lowest BCUT2D eigenvalue weighted by Gasteiger charge is -2.13. The Morgan fingerprint density at radius 3 is 2.65 bits per heavy atom. The highest BCUT2D eigenvalue weighted by atomic mass is 35.5. The molecule has 0 aliphatic carbocycles. The van der Waals surface area contributed by atoms with Crippen LogP contribution in [0.15, 0.2) is 18.2 Å². The highest BCUT2D eigenvalue weighted by molar-refractivity contribution is 7.92. The molecule has 1 aromatic carbocycles. The zero-order valence-electron chi connectivity index (χ0n) is 9.70. The lowest BCUT2D eigenvalue weighted by Crippen LogP contribution is -2.23. The fourth-order valence-corrected chi connectivity index (χ4v) is 3.14. The molecule has 0 bridgehead atoms. The van der Waals surface area contributed by atoms with E-state index in [9.17, 15) is 12.8 Å². The van der Waals surface area contributed by atoms with Gasteiger partial charge in [-0.2, -0.15) is 0 Å². The third kappa shape index (κ3) is 4.16. The predicted octanol–water partition coefficient (Wildman–Crippen LogP) is 2.75. The Morgan fingerprint density at radius 1 is 1.47 bits per heavy atom. The molecule has 1 rings (SSSR count). The molecule has 0 heterocycles. The van der Waals surface area contributed by atoms with E-state index in [1.807, 2.05) is 0 Å². The van der Waals surface area contributed by atoms with Crippen LogP contribution in [0, 0.1) is 18.7 Å². The third-order valence-corrected chi connectivity index (χ3v) is 4.30. The molecule has 0 saturated heterocycles. The number of rotatable bonds is 5. The molecule has 6 heteroatoms. The van der Waals surface area contributed by atoms with E-state index < -0.39 is 15.8 Å². The summed E-state index contributed by atoms with van der Waals surface area (Å²) >= 11 is 5.56. The van der Waals surface area contributed by atoms with Crippen LogP contribution in [0.5, 0.6) is 0 Å². The largest absolute Gasteiger partial charge is 0.280 e. The Bertz CT molecular complexity index is 470. The number of sulfonamides is 1. The van der Waals surface area contributed by atoms with Crippen LogP contribution in [-0.4, -0.2) is 20.1 Å². The van der Waals surface area contributed by atoms with Gasteiger partial charge in [0.05, 0.1) is 11.4 Å². The molecule has 17 heavy (non-hydrogen) atoms. The van der Waals surface area contributed by atoms with Gasteiger partial charge in [-0.25, -0.2) is 12.8 Å². The van der Waals surface area contributed by atoms with Crippen molar-refractivity contribution in [3.63, 3.8) is 0 Å². The van der Waals surface area contributed by atoms with E-state index in [0.29, 0.717) is 5.56 Å². The Labute approximate surface area is 106 Å². The number of aryl methyl sites for hydroxylation is 1. The van der Waals surface area contributed by atoms with Crippen molar-refractivity contribution in [2.24, 2.45) is 5.92 Å². The van der Waals surface area contributed by atoms with Crippen LogP contribution in [0.1, 0.15) is 12.5 Å². The normalized spacial score (nSPS) is 13.4. The molecule has 0 fully saturated rings. The summed E-state index contributed by atoms with van der Waals surface area (Å²) in [6, 6.07) is 4.39. The summed E-state index contributed by atoms with van der Waals surface area (Å²) in [5.41, 5.74) is 0.557. The summed E-state index contributed by atoms with van der Waals surface area (Å²) in [7, 11) is -3.57. The smallest absolute Gasteiger partial charge is 0.233 e. The summed E-state index contributed by atoms with van der Waals surface area (Å²) in [5.74, 6) is -0.630. The molecular formula is C11H15ClFNO2S. The van der Waals surface area contributed by atoms with Crippen molar-refractivity contribution in [3.8, 4) is 0 Å². The first kappa shape index (κ1) is 14.3. The van der Waals surface area contributed by atoms with Crippen molar-refractivity contribution in [2.45, 2.75) is 13.8 Å². The molecule has 1 unspecified atom stereocenters. The van der Waals surface area contributed by atoms with E-state index in [1.54, 1.807) is 19.9 Å². The molecule has 0 saturated carbocycles. The van der Waals surface area contributed by atoms with Gasteiger partial charge in [0.1, 0.15) is 5.82 Å². The van der Waals surface area contributed by atoms with Crippen LogP contribution in [0.4, 0.5) is 10.1 Å². The van der Waals surface area contributed by atoms with Gasteiger partial charge >= 0.3 is 0 Å². The van der Waals surface area contributed by atoms with Crippen molar-refractivity contribution < 1.29 is 12.8 Å². The Balaban J connectivity index is 2.91. The molecule has 0 aliphatic rings. The molecular weight excluding hydrogens is 265 g/mol. The monoisotopic (exact) mass is 279 g/mol. The standard InChI is InChI=1S/C11H15ClFNO2S/c1-8(6-12)7-17(15,16)14-11-9(2)4-3-5-10(11)13/h3-5,8,14H,6-7H2,1-2H3. The van der Waals surface area contributed by atoms with Gasteiger partial charge in [-0.3, -0.25) is 4.72 Å². The molecule has 1 N–H and O–H groups in total. The molecule has 3 nitrogen and oxygen atoms in total. The van der Waals surface area contributed by atoms with Crippen molar-refractivity contribution in [1.82, 2.24) is 0 Å². The van der Waals surface area contributed by atoms with Crippen molar-refractivity contribution in [3.05, 3.63) is 29.6 Å². The fourth-order valence-electron chi connectivity index (χ4n) is 1.38. The molecule has 0 aliphatic heterocycles. The molecule has 0 aromatic heterocycles. The molecule has 0 radical (unpaired) electrons. The lowest BCUT2D eigenvalue weighted by molar-refractivity contribution is 0.586. The van der Waals surface area contributed by atoms with Gasteiger partial charge < -0.3 is 0 Å². The van der Waals surface area contributed by atoms with Gasteiger partial charge in [0.15, 0.2) is 0 Å². The second-order valence-electron chi connectivity index (χ2n) is 4.07. The number of anilines is 1. The van der Waals surface area contributed by atoms with Crippen LogP contribution in [-0.2, 0) is 10.0 Å². The highest BCUT2D eigenvalue weighted by Crippen LogP contribution is 2.20. The molecule has 96 valence electrons. The number of halogens is 2. The number of para-hydroxylation sites is 1. The van der Waals surface area contributed by atoms with Crippen LogP contribution >= 0.6 is 11.6 Å². The molecule has 0 amide bonds. The number of hydrogen-bond donors (Lipinski definition) is 1. The van der Waals surface area contributed by atoms with Crippen molar-refractivity contribution >= 4 is 27.3 Å². The topological polar surface area (TPSA) is 46.2 Å². The van der Waals surface area contributed by atoms with E-state index >= 15 is 0 Å². The predicted molar refractivity (Wildman–Crippen MR) is 68.4 cm³/mol. The number of hydrogen-bond acceptors (Lipinski definition) is 2. The third-order valence-electron chi connectivity index (χ3n) is 2.25. The Morgan fingerprint density at radius 2 is 2.12 bits per heavy atom. The quantitative estimate of drug-likeness (QED) is 0.843. The summed E-state index contributed by atoms with van der Waals surface area (Å²) in [6.07, 6.45) is 0. The van der Waals surface area contributed by atoms with Gasteiger partial charge in [-0.05, 0) is 24.5 Å². The van der Waals surface area contributed by atoms with Crippen molar-refractivity contribution in [1.29, 1.82) is 0 Å². The zero-order chi connectivity index (χ0) is 13.1. The van der Waals surface area contributed by atoms with E-state index in [4.69, 9.17) is 11.6 Å². The van der Waals surface area contributed by atoms with Crippen LogP contribution < -0.4 is 4.72 Å². The first-order valence-electron chi connectivity index (χ1n) is 5.17. The number of nitrogens with one attached hydrogen (secondary N) is 1. The first-order chi connectivity index (χ1) is 7.85. The molecule has 0 spiro atoms. The minimum atomic E-state index is -3.57. The number of benzene rings is 1. The second kappa shape index (κ2) is 5.69. The maximum absolute atomic E-state index is 13.4. The van der Waals surface area contributed by atoms with Gasteiger partial charge in [0.25, 0.3) is 0 Å². The summed E-state index contributed by atoms with van der Waals surface area (Å²) in [5, 5.41) is 0. The van der Waals surface area contributed by atoms with Gasteiger partial charge in [-0.15, -0.1) is 11.6 Å². The second-order valence-corrected chi connectivity index (χ2v) is 6.15. The minimum Gasteiger partial charge on any atom is -0.280 e. The summed E-state index contributed by atoms with van der Waals surface area (Å²) in [4.78, 5) is 0. The van der Waals surface area contributed by atoms with E-state index in [2.05, 4.69) is 4.72 Å². The molecule has 1 aromatic rings. The minimum absolute atomic E-state index is 0.00859. The highest BCUT2D eigenvalue weighted by Gasteiger charge is 2.17. The molecule has 1 atom stereocenters. The average molecular weight is 280 g/mol. The zero-order valence-corrected chi connectivity index (χ0v) is 11.3. The van der Waals surface area contributed by atoms with Gasteiger partial charge in [-0.1, -0.05) is 19.1 Å². The van der Waals surface area contributed by atoms with Crippen LogP contribution in [0.2, 0.25) is 0 Å². The Hall–Kier alpha value is -0.810. The van der Waals surface area contributed by atoms with Crippen LogP contribution in [0.25, 0.3) is 0 Å². The SMILES string of the molecule is Cc1cccc(F)c1NS(=O)(=O)CC(C)CCl. The maximum Gasteiger partial charge on any atom is 0.233 e.